The first-order valence-electron chi connectivity index (χ1n) is 20.9. The van der Waals surface area contributed by atoms with Crippen molar-refractivity contribution in [2.45, 2.75) is 162 Å². The fourth-order valence-corrected chi connectivity index (χ4v) is 8.53. The second kappa shape index (κ2) is 16.7. The molecule has 3 aliphatic rings. The van der Waals surface area contributed by atoms with Crippen LogP contribution in [0.1, 0.15) is 124 Å². The molecule has 9 heteroatoms. The average molecular weight is 755 g/mol. The third kappa shape index (κ3) is 10.8. The normalized spacial score (nSPS) is 25.7. The Morgan fingerprint density at radius 2 is 1.07 bits per heavy atom. The first kappa shape index (κ1) is 41.4. The van der Waals surface area contributed by atoms with E-state index < -0.39 is 0 Å². The van der Waals surface area contributed by atoms with Crippen LogP contribution in [0.2, 0.25) is 0 Å². The number of hydrogen-bond acceptors (Lipinski definition) is 9. The SMILES string of the molecule is Cc1nc(N2CC(C)OC(CCC3CN(c4ccc(C(C)(C)C)cn4)CC(CCC4CN(c5ccc(C(C)(C)C)nc5)CC(C)O4)O3)C2)ccc1C(C)(C)C. The molecule has 3 aliphatic heterocycles. The standard InChI is InChI=1S/C46H70N6O3/c1-31-25-50(35-14-20-41(47-24-35)46(10,11)12)27-36(53-31)15-17-38-29-52(42-21-13-34(23-48-42)44(4,5)6)30-39(55-38)18-16-37-28-51(26-32(2)54-37)43-22-19-40(33(3)49-43)45(7,8)9/h13-14,19-24,31-32,36-39H,15-18,25-30H2,1-12H3. The van der Waals surface area contributed by atoms with E-state index in [4.69, 9.17) is 29.2 Å². The average Bonchev–Trinajstić information content (AvgIpc) is 3.11. The van der Waals surface area contributed by atoms with Crippen molar-refractivity contribution in [2.75, 3.05) is 54.0 Å². The lowest BCUT2D eigenvalue weighted by molar-refractivity contribution is -0.0661. The van der Waals surface area contributed by atoms with E-state index >= 15 is 0 Å². The van der Waals surface area contributed by atoms with Crippen molar-refractivity contribution in [3.63, 3.8) is 0 Å². The van der Waals surface area contributed by atoms with Gasteiger partial charge in [-0.25, -0.2) is 9.97 Å². The second-order valence-corrected chi connectivity index (χ2v) is 19.7. The minimum absolute atomic E-state index is 0.0348. The zero-order chi connectivity index (χ0) is 39.7. The molecule has 3 saturated heterocycles. The van der Waals surface area contributed by atoms with Gasteiger partial charge in [-0.15, -0.1) is 0 Å². The lowest BCUT2D eigenvalue weighted by Gasteiger charge is -2.42. The number of nitrogens with zero attached hydrogens (tertiary/aromatic N) is 6. The van der Waals surface area contributed by atoms with Gasteiger partial charge in [0.25, 0.3) is 0 Å². The minimum Gasteiger partial charge on any atom is -0.372 e. The van der Waals surface area contributed by atoms with Gasteiger partial charge in [-0.1, -0.05) is 74.4 Å². The molecular weight excluding hydrogens is 685 g/mol. The van der Waals surface area contributed by atoms with Gasteiger partial charge < -0.3 is 28.9 Å². The van der Waals surface area contributed by atoms with Gasteiger partial charge in [0.2, 0.25) is 0 Å². The Labute approximate surface area is 332 Å². The fraction of sp³-hybridized carbons (Fsp3) is 0.674. The van der Waals surface area contributed by atoms with Gasteiger partial charge in [-0.2, -0.15) is 0 Å². The van der Waals surface area contributed by atoms with Gasteiger partial charge in [0.05, 0.1) is 48.5 Å². The van der Waals surface area contributed by atoms with E-state index in [1.54, 1.807) is 0 Å². The monoisotopic (exact) mass is 755 g/mol. The van der Waals surface area contributed by atoms with Gasteiger partial charge in [0.1, 0.15) is 11.6 Å². The molecule has 6 atom stereocenters. The molecule has 6 heterocycles. The predicted octanol–water partition coefficient (Wildman–Crippen LogP) is 8.79. The third-order valence-electron chi connectivity index (χ3n) is 11.5. The predicted molar refractivity (Wildman–Crippen MR) is 226 cm³/mol. The highest BCUT2D eigenvalue weighted by atomic mass is 16.5. The lowest BCUT2D eigenvalue weighted by atomic mass is 9.86. The van der Waals surface area contributed by atoms with E-state index in [1.807, 2.05) is 6.20 Å². The van der Waals surface area contributed by atoms with Crippen molar-refractivity contribution in [1.29, 1.82) is 0 Å². The fourth-order valence-electron chi connectivity index (χ4n) is 8.53. The molecule has 9 nitrogen and oxygen atoms in total. The number of pyridine rings is 3. The summed E-state index contributed by atoms with van der Waals surface area (Å²) in [6.07, 6.45) is 8.52. The van der Waals surface area contributed by atoms with Crippen LogP contribution in [0.15, 0.2) is 48.8 Å². The molecule has 0 amide bonds. The number of anilines is 3. The van der Waals surface area contributed by atoms with Crippen molar-refractivity contribution < 1.29 is 14.2 Å². The number of hydrogen-bond donors (Lipinski definition) is 0. The molecule has 0 bridgehead atoms. The Balaban J connectivity index is 1.12. The highest BCUT2D eigenvalue weighted by Crippen LogP contribution is 2.31. The topological polar surface area (TPSA) is 76.1 Å². The first-order valence-corrected chi connectivity index (χ1v) is 20.9. The van der Waals surface area contributed by atoms with E-state index in [-0.39, 0.29) is 52.9 Å². The highest BCUT2D eigenvalue weighted by Gasteiger charge is 2.34. The summed E-state index contributed by atoms with van der Waals surface area (Å²) in [5.74, 6) is 2.08. The zero-order valence-corrected chi connectivity index (χ0v) is 36.1. The number of rotatable bonds is 9. The maximum Gasteiger partial charge on any atom is 0.128 e. The second-order valence-electron chi connectivity index (χ2n) is 19.7. The van der Waals surface area contributed by atoms with Crippen molar-refractivity contribution in [3.8, 4) is 0 Å². The van der Waals surface area contributed by atoms with Crippen LogP contribution in [0.5, 0.6) is 0 Å². The van der Waals surface area contributed by atoms with Gasteiger partial charge in [0.15, 0.2) is 0 Å². The number of aromatic nitrogens is 3. The van der Waals surface area contributed by atoms with Gasteiger partial charge in [0, 0.05) is 62.3 Å². The summed E-state index contributed by atoms with van der Waals surface area (Å²) in [6, 6.07) is 13.3. The molecular formula is C46H70N6O3. The van der Waals surface area contributed by atoms with E-state index in [0.717, 1.165) is 88.0 Å². The summed E-state index contributed by atoms with van der Waals surface area (Å²) in [6.45, 7) is 31.7. The Morgan fingerprint density at radius 3 is 1.55 bits per heavy atom. The molecule has 3 aromatic heterocycles. The third-order valence-corrected chi connectivity index (χ3v) is 11.5. The molecule has 6 rings (SSSR count). The Kier molecular flexibility index (Phi) is 12.5. The summed E-state index contributed by atoms with van der Waals surface area (Å²) in [7, 11) is 0. The quantitative estimate of drug-likeness (QED) is 0.213. The van der Waals surface area contributed by atoms with Crippen LogP contribution in [-0.2, 0) is 30.5 Å². The molecule has 302 valence electrons. The van der Waals surface area contributed by atoms with Crippen LogP contribution < -0.4 is 14.7 Å². The Hall–Kier alpha value is -3.27. The molecule has 3 aromatic rings. The van der Waals surface area contributed by atoms with E-state index in [9.17, 15) is 0 Å². The molecule has 3 fully saturated rings. The minimum atomic E-state index is 0.0348. The Morgan fingerprint density at radius 1 is 0.545 bits per heavy atom. The Bertz CT molecular complexity index is 1690. The molecule has 0 N–H and O–H groups in total. The lowest BCUT2D eigenvalue weighted by Crippen LogP contribution is -2.50. The van der Waals surface area contributed by atoms with Gasteiger partial charge in [-0.05, 0) is 92.7 Å². The highest BCUT2D eigenvalue weighted by molar-refractivity contribution is 5.47. The number of morpholine rings is 3. The summed E-state index contributed by atoms with van der Waals surface area (Å²) in [5.41, 5.74) is 6.12. The molecule has 0 aliphatic carbocycles. The van der Waals surface area contributed by atoms with Crippen molar-refractivity contribution >= 4 is 17.3 Å². The summed E-state index contributed by atoms with van der Waals surface area (Å²) < 4.78 is 20.0. The van der Waals surface area contributed by atoms with Crippen LogP contribution in [0.25, 0.3) is 0 Å². The molecule has 55 heavy (non-hydrogen) atoms. The van der Waals surface area contributed by atoms with Crippen molar-refractivity contribution in [1.82, 2.24) is 15.0 Å². The van der Waals surface area contributed by atoms with Crippen molar-refractivity contribution in [2.24, 2.45) is 0 Å². The molecule has 0 spiro atoms. The first-order chi connectivity index (χ1) is 25.8. The molecule has 0 radical (unpaired) electrons. The maximum atomic E-state index is 6.95. The van der Waals surface area contributed by atoms with E-state index in [1.165, 1.54) is 16.8 Å². The summed E-state index contributed by atoms with van der Waals surface area (Å²) in [5, 5.41) is 0. The number of aryl methyl sites for hydroxylation is 1. The molecule has 0 saturated carbocycles. The van der Waals surface area contributed by atoms with E-state index in [2.05, 4.69) is 140 Å². The van der Waals surface area contributed by atoms with Crippen LogP contribution >= 0.6 is 0 Å². The van der Waals surface area contributed by atoms with Crippen LogP contribution in [0.3, 0.4) is 0 Å². The van der Waals surface area contributed by atoms with E-state index in [0.29, 0.717) is 0 Å². The van der Waals surface area contributed by atoms with Crippen LogP contribution in [-0.4, -0.2) is 90.8 Å². The van der Waals surface area contributed by atoms with Gasteiger partial charge >= 0.3 is 0 Å². The molecule has 0 aromatic carbocycles. The van der Waals surface area contributed by atoms with Crippen molar-refractivity contribution in [3.05, 3.63) is 71.3 Å². The number of ether oxygens (including phenoxy) is 3. The summed E-state index contributed by atoms with van der Waals surface area (Å²) in [4.78, 5) is 22.2. The summed E-state index contributed by atoms with van der Waals surface area (Å²) >= 11 is 0. The molecule has 6 unspecified atom stereocenters. The van der Waals surface area contributed by atoms with Crippen LogP contribution in [0, 0.1) is 6.92 Å². The van der Waals surface area contributed by atoms with Gasteiger partial charge in [-0.3, -0.25) is 4.98 Å². The smallest absolute Gasteiger partial charge is 0.128 e. The zero-order valence-electron chi connectivity index (χ0n) is 36.1. The maximum absolute atomic E-state index is 6.95. The van der Waals surface area contributed by atoms with Crippen LogP contribution in [0.4, 0.5) is 17.3 Å². The largest absolute Gasteiger partial charge is 0.372 e.